The number of benzene rings is 1. The zero-order valence-corrected chi connectivity index (χ0v) is 10.3. The number of nitrogens with one attached hydrogen (secondary N) is 1. The summed E-state index contributed by atoms with van der Waals surface area (Å²) in [4.78, 5) is 11.9. The van der Waals surface area contributed by atoms with E-state index in [2.05, 4.69) is 12.2 Å². The minimum atomic E-state index is 0.0808. The molecule has 0 radical (unpaired) electrons. The molecule has 2 rings (SSSR count). The largest absolute Gasteiger partial charge is 0.399 e. The number of carbonyl (C=O) groups is 1. The zero-order chi connectivity index (χ0) is 12.3. The van der Waals surface area contributed by atoms with Gasteiger partial charge in [-0.2, -0.15) is 0 Å². The van der Waals surface area contributed by atoms with Crippen molar-refractivity contribution in [3.8, 4) is 0 Å². The Kier molecular flexibility index (Phi) is 3.36. The Balaban J connectivity index is 1.93. The third-order valence-electron chi connectivity index (χ3n) is 3.71. The summed E-state index contributed by atoms with van der Waals surface area (Å²) < 4.78 is 0. The number of amides is 1. The fourth-order valence-electron chi connectivity index (χ4n) is 2.40. The molecule has 92 valence electrons. The molecule has 17 heavy (non-hydrogen) atoms. The predicted molar refractivity (Wildman–Crippen MR) is 69.6 cm³/mol. The summed E-state index contributed by atoms with van der Waals surface area (Å²) in [5, 5.41) is 3.17. The normalized spacial score (nSPS) is 17.2. The molecule has 0 aliphatic heterocycles. The molecule has 1 saturated carbocycles. The van der Waals surface area contributed by atoms with Gasteiger partial charge in [-0.25, -0.2) is 0 Å². The summed E-state index contributed by atoms with van der Waals surface area (Å²) >= 11 is 0. The standard InChI is InChI=1S/C14H20N2O/c1-2-14(7-4-8-14)16-13(17)10-11-5-3-6-12(15)9-11/h3,5-6,9H,2,4,7-8,10,15H2,1H3,(H,16,17). The number of hydrogen-bond acceptors (Lipinski definition) is 2. The van der Waals surface area contributed by atoms with Crippen LogP contribution in [0.25, 0.3) is 0 Å². The highest BCUT2D eigenvalue weighted by Crippen LogP contribution is 2.34. The van der Waals surface area contributed by atoms with Crippen LogP contribution in [0.4, 0.5) is 5.69 Å². The highest BCUT2D eigenvalue weighted by atomic mass is 16.1. The van der Waals surface area contributed by atoms with Crippen molar-refractivity contribution in [2.45, 2.75) is 44.6 Å². The lowest BCUT2D eigenvalue weighted by Gasteiger charge is -2.42. The van der Waals surface area contributed by atoms with Crippen LogP contribution in [-0.2, 0) is 11.2 Å². The van der Waals surface area contributed by atoms with E-state index in [9.17, 15) is 4.79 Å². The molecule has 3 heteroatoms. The van der Waals surface area contributed by atoms with Crippen LogP contribution in [0.3, 0.4) is 0 Å². The van der Waals surface area contributed by atoms with Gasteiger partial charge in [0.15, 0.2) is 0 Å². The van der Waals surface area contributed by atoms with Crippen LogP contribution < -0.4 is 11.1 Å². The van der Waals surface area contributed by atoms with Crippen molar-refractivity contribution >= 4 is 11.6 Å². The van der Waals surface area contributed by atoms with Gasteiger partial charge in [-0.3, -0.25) is 4.79 Å². The van der Waals surface area contributed by atoms with E-state index in [1.165, 1.54) is 6.42 Å². The number of anilines is 1. The monoisotopic (exact) mass is 232 g/mol. The van der Waals surface area contributed by atoms with E-state index in [-0.39, 0.29) is 11.4 Å². The van der Waals surface area contributed by atoms with Gasteiger partial charge in [0.05, 0.1) is 6.42 Å². The minimum absolute atomic E-state index is 0.0808. The first-order valence-corrected chi connectivity index (χ1v) is 6.29. The summed E-state index contributed by atoms with van der Waals surface area (Å²) in [5.41, 5.74) is 7.47. The van der Waals surface area contributed by atoms with Gasteiger partial charge in [0, 0.05) is 11.2 Å². The van der Waals surface area contributed by atoms with Gasteiger partial charge in [-0.05, 0) is 43.4 Å². The van der Waals surface area contributed by atoms with Crippen molar-refractivity contribution in [3.05, 3.63) is 29.8 Å². The molecular weight excluding hydrogens is 212 g/mol. The number of nitrogen functional groups attached to an aromatic ring is 1. The molecule has 3 nitrogen and oxygen atoms in total. The van der Waals surface area contributed by atoms with E-state index >= 15 is 0 Å². The second kappa shape index (κ2) is 4.78. The summed E-state index contributed by atoms with van der Waals surface area (Å²) in [5.74, 6) is 0.108. The van der Waals surface area contributed by atoms with Crippen molar-refractivity contribution in [3.63, 3.8) is 0 Å². The lowest BCUT2D eigenvalue weighted by atomic mass is 9.75. The predicted octanol–water partition coefficient (Wildman–Crippen LogP) is 2.26. The van der Waals surface area contributed by atoms with Crippen LogP contribution in [0.1, 0.15) is 38.2 Å². The third-order valence-corrected chi connectivity index (χ3v) is 3.71. The maximum atomic E-state index is 11.9. The molecule has 0 atom stereocenters. The maximum absolute atomic E-state index is 11.9. The Morgan fingerprint density at radius 1 is 1.47 bits per heavy atom. The van der Waals surface area contributed by atoms with E-state index in [0.717, 1.165) is 24.8 Å². The second-order valence-corrected chi connectivity index (χ2v) is 4.96. The molecule has 0 aromatic heterocycles. The lowest BCUT2D eigenvalue weighted by Crippen LogP contribution is -2.53. The molecule has 1 fully saturated rings. The van der Waals surface area contributed by atoms with Crippen molar-refractivity contribution in [1.82, 2.24) is 5.32 Å². The number of rotatable bonds is 4. The van der Waals surface area contributed by atoms with E-state index in [1.54, 1.807) is 0 Å². The van der Waals surface area contributed by atoms with Gasteiger partial charge in [0.25, 0.3) is 0 Å². The van der Waals surface area contributed by atoms with E-state index < -0.39 is 0 Å². The topological polar surface area (TPSA) is 55.1 Å². The zero-order valence-electron chi connectivity index (χ0n) is 10.3. The van der Waals surface area contributed by atoms with Crippen LogP contribution in [0, 0.1) is 0 Å². The Bertz CT molecular complexity index is 405. The Labute approximate surface area is 102 Å². The summed E-state index contributed by atoms with van der Waals surface area (Å²) in [6, 6.07) is 7.52. The number of carbonyl (C=O) groups excluding carboxylic acids is 1. The van der Waals surface area contributed by atoms with Crippen molar-refractivity contribution < 1.29 is 4.79 Å². The van der Waals surface area contributed by atoms with Crippen molar-refractivity contribution in [1.29, 1.82) is 0 Å². The highest BCUT2D eigenvalue weighted by Gasteiger charge is 2.36. The highest BCUT2D eigenvalue weighted by molar-refractivity contribution is 5.79. The number of nitrogens with two attached hydrogens (primary N) is 1. The summed E-state index contributed by atoms with van der Waals surface area (Å²) in [6.07, 6.45) is 4.91. The fraction of sp³-hybridized carbons (Fsp3) is 0.500. The van der Waals surface area contributed by atoms with Gasteiger partial charge in [0.1, 0.15) is 0 Å². The molecule has 1 aliphatic rings. The quantitative estimate of drug-likeness (QED) is 0.782. The minimum Gasteiger partial charge on any atom is -0.399 e. The van der Waals surface area contributed by atoms with Crippen LogP contribution in [0.2, 0.25) is 0 Å². The summed E-state index contributed by atoms with van der Waals surface area (Å²) in [6.45, 7) is 2.14. The number of hydrogen-bond donors (Lipinski definition) is 2. The average Bonchev–Trinajstić information content (AvgIpc) is 2.23. The van der Waals surface area contributed by atoms with E-state index in [0.29, 0.717) is 12.1 Å². The van der Waals surface area contributed by atoms with Crippen molar-refractivity contribution in [2.24, 2.45) is 0 Å². The van der Waals surface area contributed by atoms with Gasteiger partial charge < -0.3 is 11.1 Å². The smallest absolute Gasteiger partial charge is 0.224 e. The molecule has 0 unspecified atom stereocenters. The van der Waals surface area contributed by atoms with Crippen LogP contribution in [0.5, 0.6) is 0 Å². The molecule has 1 aliphatic carbocycles. The maximum Gasteiger partial charge on any atom is 0.224 e. The van der Waals surface area contributed by atoms with Crippen molar-refractivity contribution in [2.75, 3.05) is 5.73 Å². The molecule has 1 amide bonds. The molecule has 0 spiro atoms. The molecule has 1 aromatic carbocycles. The molecule has 1 aromatic rings. The van der Waals surface area contributed by atoms with Gasteiger partial charge in [-0.1, -0.05) is 19.1 Å². The molecule has 3 N–H and O–H groups in total. The first kappa shape index (κ1) is 12.0. The molecule has 0 heterocycles. The fourth-order valence-corrected chi connectivity index (χ4v) is 2.40. The van der Waals surface area contributed by atoms with Gasteiger partial charge in [-0.15, -0.1) is 0 Å². The SMILES string of the molecule is CCC1(NC(=O)Cc2cccc(N)c2)CCC1. The Morgan fingerprint density at radius 3 is 2.76 bits per heavy atom. The molecule has 0 saturated heterocycles. The Hall–Kier alpha value is -1.51. The van der Waals surface area contributed by atoms with Crippen LogP contribution in [-0.4, -0.2) is 11.4 Å². The second-order valence-electron chi connectivity index (χ2n) is 4.96. The van der Waals surface area contributed by atoms with E-state index in [1.807, 2.05) is 24.3 Å². The van der Waals surface area contributed by atoms with Gasteiger partial charge >= 0.3 is 0 Å². The molecular formula is C14H20N2O. The first-order valence-electron chi connectivity index (χ1n) is 6.29. The lowest BCUT2D eigenvalue weighted by molar-refractivity contribution is -0.123. The Morgan fingerprint density at radius 2 is 2.24 bits per heavy atom. The van der Waals surface area contributed by atoms with Crippen LogP contribution >= 0.6 is 0 Å². The molecule has 0 bridgehead atoms. The first-order chi connectivity index (χ1) is 8.13. The summed E-state index contributed by atoms with van der Waals surface area (Å²) in [7, 11) is 0. The third kappa shape index (κ3) is 2.78. The average molecular weight is 232 g/mol. The van der Waals surface area contributed by atoms with Crippen LogP contribution in [0.15, 0.2) is 24.3 Å². The van der Waals surface area contributed by atoms with Gasteiger partial charge in [0.2, 0.25) is 5.91 Å². The van der Waals surface area contributed by atoms with E-state index in [4.69, 9.17) is 5.73 Å².